The van der Waals surface area contributed by atoms with Crippen molar-refractivity contribution in [2.45, 2.75) is 20.3 Å². The number of carbonyl (C=O) groups is 1. The summed E-state index contributed by atoms with van der Waals surface area (Å²) in [4.78, 5) is 12.4. The molecule has 1 amide bonds. The molecule has 0 unspecified atom stereocenters. The Morgan fingerprint density at radius 2 is 1.76 bits per heavy atom. The lowest BCUT2D eigenvalue weighted by Crippen LogP contribution is -2.17. The maximum absolute atomic E-state index is 11.8. The molecule has 0 bridgehead atoms. The van der Waals surface area contributed by atoms with Crippen LogP contribution >= 0.6 is 24.0 Å². The molecule has 0 radical (unpaired) electrons. The van der Waals surface area contributed by atoms with Crippen LogP contribution in [0.3, 0.4) is 0 Å². The van der Waals surface area contributed by atoms with E-state index in [1.165, 1.54) is 22.9 Å². The second-order valence-electron chi connectivity index (χ2n) is 6.64. The van der Waals surface area contributed by atoms with Crippen molar-refractivity contribution in [1.29, 1.82) is 0 Å². The third-order valence-electron chi connectivity index (χ3n) is 4.14. The van der Waals surface area contributed by atoms with Gasteiger partial charge >= 0.3 is 0 Å². The van der Waals surface area contributed by atoms with Gasteiger partial charge in [0.15, 0.2) is 11.5 Å². The first-order valence-electron chi connectivity index (χ1n) is 9.21. The van der Waals surface area contributed by atoms with Gasteiger partial charge in [-0.15, -0.1) is 0 Å². The largest absolute Gasteiger partial charge is 0.493 e. The summed E-state index contributed by atoms with van der Waals surface area (Å²) in [7, 11) is 1.59. The molecule has 1 aliphatic heterocycles. The number of thioether (sulfide) groups is 1. The molecule has 1 heterocycles. The minimum Gasteiger partial charge on any atom is -0.493 e. The van der Waals surface area contributed by atoms with E-state index in [2.05, 4.69) is 25.2 Å². The van der Waals surface area contributed by atoms with Gasteiger partial charge in [-0.05, 0) is 60.9 Å². The minimum atomic E-state index is -0.178. The van der Waals surface area contributed by atoms with Crippen molar-refractivity contribution in [3.05, 3.63) is 58.0 Å². The minimum absolute atomic E-state index is 0.178. The van der Waals surface area contributed by atoms with Crippen LogP contribution in [0.5, 0.6) is 17.2 Å². The Balaban J connectivity index is 1.53. The normalized spacial score (nSPS) is 14.8. The van der Waals surface area contributed by atoms with E-state index < -0.39 is 0 Å². The molecule has 1 aliphatic rings. The van der Waals surface area contributed by atoms with Crippen LogP contribution in [-0.2, 0) is 4.79 Å². The summed E-state index contributed by atoms with van der Waals surface area (Å²) in [6.45, 7) is 5.19. The summed E-state index contributed by atoms with van der Waals surface area (Å²) in [5.74, 6) is 1.97. The van der Waals surface area contributed by atoms with Crippen LogP contribution in [0.4, 0.5) is 0 Å². The smallest absolute Gasteiger partial charge is 0.263 e. The van der Waals surface area contributed by atoms with E-state index in [-0.39, 0.29) is 5.91 Å². The monoisotopic (exact) mass is 429 g/mol. The quantitative estimate of drug-likeness (QED) is 0.375. The molecule has 3 rings (SSSR count). The Hall–Kier alpha value is -2.51. The molecule has 2 aromatic rings. The first-order chi connectivity index (χ1) is 13.9. The zero-order valence-corrected chi connectivity index (χ0v) is 18.2. The molecule has 0 atom stereocenters. The Kier molecular flexibility index (Phi) is 7.17. The highest BCUT2D eigenvalue weighted by atomic mass is 32.2. The number of rotatable bonds is 8. The third-order valence-corrected chi connectivity index (χ3v) is 5.30. The fourth-order valence-corrected chi connectivity index (χ4v) is 3.96. The number of hydrogen-bond acceptors (Lipinski definition) is 6. The lowest BCUT2D eigenvalue weighted by Gasteiger charge is -2.12. The van der Waals surface area contributed by atoms with E-state index >= 15 is 0 Å². The van der Waals surface area contributed by atoms with E-state index in [1.54, 1.807) is 13.2 Å². The zero-order chi connectivity index (χ0) is 20.8. The number of carbonyl (C=O) groups excluding carboxylic acids is 1. The molecule has 0 saturated carbocycles. The van der Waals surface area contributed by atoms with E-state index in [0.29, 0.717) is 33.9 Å². The van der Waals surface area contributed by atoms with E-state index in [0.717, 1.165) is 17.7 Å². The van der Waals surface area contributed by atoms with Crippen molar-refractivity contribution in [1.82, 2.24) is 5.32 Å². The van der Waals surface area contributed by atoms with E-state index in [9.17, 15) is 4.79 Å². The van der Waals surface area contributed by atoms with Crippen LogP contribution in [0.1, 0.15) is 23.1 Å². The van der Waals surface area contributed by atoms with Gasteiger partial charge in [-0.2, -0.15) is 0 Å². The number of methoxy groups -OCH3 is 1. The summed E-state index contributed by atoms with van der Waals surface area (Å²) in [6.07, 6.45) is 2.53. The molecule has 7 heteroatoms. The van der Waals surface area contributed by atoms with Gasteiger partial charge < -0.3 is 19.5 Å². The molecule has 2 aromatic carbocycles. The highest BCUT2D eigenvalue weighted by Gasteiger charge is 2.22. The van der Waals surface area contributed by atoms with Crippen molar-refractivity contribution >= 4 is 40.3 Å². The van der Waals surface area contributed by atoms with Crippen molar-refractivity contribution < 1.29 is 19.0 Å². The van der Waals surface area contributed by atoms with Gasteiger partial charge in [-0.3, -0.25) is 4.79 Å². The molecule has 29 heavy (non-hydrogen) atoms. The molecule has 0 aromatic heterocycles. The van der Waals surface area contributed by atoms with Gasteiger partial charge in [-0.1, -0.05) is 36.1 Å². The predicted molar refractivity (Wildman–Crippen MR) is 121 cm³/mol. The second kappa shape index (κ2) is 9.80. The highest BCUT2D eigenvalue weighted by molar-refractivity contribution is 8.26. The summed E-state index contributed by atoms with van der Waals surface area (Å²) in [5.41, 5.74) is 3.22. The summed E-state index contributed by atoms with van der Waals surface area (Å²) >= 11 is 6.26. The Morgan fingerprint density at radius 1 is 1.03 bits per heavy atom. The molecule has 1 fully saturated rings. The second-order valence-corrected chi connectivity index (χ2v) is 8.36. The molecular weight excluding hydrogens is 406 g/mol. The summed E-state index contributed by atoms with van der Waals surface area (Å²) in [6, 6.07) is 11.7. The molecule has 5 nitrogen and oxygen atoms in total. The van der Waals surface area contributed by atoms with Crippen molar-refractivity contribution in [3.8, 4) is 17.2 Å². The van der Waals surface area contributed by atoms with E-state index in [4.69, 9.17) is 26.4 Å². The molecule has 1 saturated heterocycles. The zero-order valence-electron chi connectivity index (χ0n) is 16.6. The first-order valence-corrected chi connectivity index (χ1v) is 10.4. The molecule has 1 N–H and O–H groups in total. The molecule has 0 aliphatic carbocycles. The van der Waals surface area contributed by atoms with Gasteiger partial charge in [0.2, 0.25) is 0 Å². The van der Waals surface area contributed by atoms with Crippen LogP contribution in [0, 0.1) is 13.8 Å². The molecular formula is C22H23NO4S2. The predicted octanol–water partition coefficient (Wildman–Crippen LogP) is 4.65. The average molecular weight is 430 g/mol. The van der Waals surface area contributed by atoms with Gasteiger partial charge in [0.1, 0.15) is 10.1 Å². The number of thiocarbonyl (C=S) groups is 1. The topological polar surface area (TPSA) is 56.8 Å². The lowest BCUT2D eigenvalue weighted by atomic mass is 10.1. The van der Waals surface area contributed by atoms with Gasteiger partial charge in [-0.25, -0.2) is 0 Å². The van der Waals surface area contributed by atoms with E-state index in [1.807, 2.05) is 30.3 Å². The fourth-order valence-electron chi connectivity index (χ4n) is 2.91. The molecule has 0 spiro atoms. The Bertz CT molecular complexity index is 936. The number of hydrogen-bond donors (Lipinski definition) is 1. The van der Waals surface area contributed by atoms with Crippen LogP contribution in [0.15, 0.2) is 41.3 Å². The Labute approximate surface area is 180 Å². The molecule has 152 valence electrons. The number of aryl methyl sites for hydroxylation is 2. The van der Waals surface area contributed by atoms with Crippen LogP contribution in [-0.4, -0.2) is 30.6 Å². The van der Waals surface area contributed by atoms with Crippen LogP contribution < -0.4 is 19.5 Å². The standard InChI is InChI=1S/C22H23NO4S2/c1-14-9-15(2)11-17(10-14)26-7-4-8-27-18-6-5-16(12-19(18)25-3)13-20-21(24)23-22(28)29-20/h5-6,9-13H,4,7-8H2,1-3H3,(H,23,24,28). The van der Waals surface area contributed by atoms with Crippen LogP contribution in [0.25, 0.3) is 6.08 Å². The van der Waals surface area contributed by atoms with Gasteiger partial charge in [0, 0.05) is 6.42 Å². The number of benzene rings is 2. The van der Waals surface area contributed by atoms with Crippen LogP contribution in [0.2, 0.25) is 0 Å². The highest BCUT2D eigenvalue weighted by Crippen LogP contribution is 2.31. The van der Waals surface area contributed by atoms with Crippen molar-refractivity contribution in [3.63, 3.8) is 0 Å². The van der Waals surface area contributed by atoms with Crippen molar-refractivity contribution in [2.24, 2.45) is 0 Å². The average Bonchev–Trinajstić information content (AvgIpc) is 2.98. The number of nitrogens with one attached hydrogen (secondary N) is 1. The SMILES string of the molecule is COc1cc(C=C2SC(=S)NC2=O)ccc1OCCCOc1cc(C)cc(C)c1. The maximum Gasteiger partial charge on any atom is 0.263 e. The Morgan fingerprint density at radius 3 is 2.41 bits per heavy atom. The first kappa shape index (κ1) is 21.2. The fraction of sp³-hybridized carbons (Fsp3) is 0.273. The number of ether oxygens (including phenoxy) is 3. The summed E-state index contributed by atoms with van der Waals surface area (Å²) in [5, 5.41) is 2.60. The lowest BCUT2D eigenvalue weighted by molar-refractivity contribution is -0.115. The number of amides is 1. The summed E-state index contributed by atoms with van der Waals surface area (Å²) < 4.78 is 17.6. The van der Waals surface area contributed by atoms with Gasteiger partial charge in [0.05, 0.1) is 25.2 Å². The third kappa shape index (κ3) is 5.98. The van der Waals surface area contributed by atoms with Gasteiger partial charge in [0.25, 0.3) is 5.91 Å². The van der Waals surface area contributed by atoms with Crippen molar-refractivity contribution in [2.75, 3.05) is 20.3 Å². The maximum atomic E-state index is 11.8.